The second-order valence-corrected chi connectivity index (χ2v) is 4.15. The second kappa shape index (κ2) is 6.73. The van der Waals surface area contributed by atoms with Crippen LogP contribution in [0.4, 0.5) is 0 Å². The largest absolute Gasteiger partial charge is 0.493 e. The normalized spacial score (nSPS) is 10.2. The van der Waals surface area contributed by atoms with E-state index in [0.717, 1.165) is 16.5 Å². The van der Waals surface area contributed by atoms with Crippen molar-refractivity contribution in [1.29, 1.82) is 0 Å². The number of hydroxylamine groups is 1. The van der Waals surface area contributed by atoms with E-state index in [-0.39, 0.29) is 0 Å². The zero-order valence-corrected chi connectivity index (χ0v) is 11.0. The Morgan fingerprint density at radius 2 is 2.19 bits per heavy atom. The molecule has 5 heteroatoms. The topological polar surface area (TPSA) is 50.7 Å². The van der Waals surface area contributed by atoms with Crippen LogP contribution in [0, 0.1) is 0 Å². The van der Waals surface area contributed by atoms with Gasteiger partial charge in [-0.25, -0.2) is 5.48 Å². The summed E-state index contributed by atoms with van der Waals surface area (Å²) in [4.78, 5) is 0. The summed E-state index contributed by atoms with van der Waals surface area (Å²) in [6.07, 6.45) is 0.940. The van der Waals surface area contributed by atoms with Gasteiger partial charge in [0, 0.05) is 6.54 Å². The lowest BCUT2D eigenvalue weighted by Crippen LogP contribution is -2.07. The van der Waals surface area contributed by atoms with E-state index in [4.69, 9.17) is 14.7 Å². The first-order valence-corrected chi connectivity index (χ1v) is 5.88. The van der Waals surface area contributed by atoms with Gasteiger partial charge < -0.3 is 14.7 Å². The highest BCUT2D eigenvalue weighted by molar-refractivity contribution is 9.10. The monoisotopic (exact) mass is 289 g/mol. The zero-order valence-electron chi connectivity index (χ0n) is 9.42. The number of rotatable bonds is 6. The molecular formula is C11H16BrNO3. The Morgan fingerprint density at radius 3 is 2.75 bits per heavy atom. The molecular weight excluding hydrogens is 274 g/mol. The van der Waals surface area contributed by atoms with Crippen LogP contribution in [0.3, 0.4) is 0 Å². The number of benzene rings is 1. The maximum atomic E-state index is 8.65. The fraction of sp³-hybridized carbons (Fsp3) is 0.455. The molecule has 0 bridgehead atoms. The standard InChI is InChI=1S/C11H16BrNO3/c1-3-4-16-11-9(12)5-8(7-13-14)6-10(11)15-2/h5-6,13-14H,3-4,7H2,1-2H3. The van der Waals surface area contributed by atoms with Crippen molar-refractivity contribution in [3.05, 3.63) is 22.2 Å². The first-order chi connectivity index (χ1) is 7.72. The van der Waals surface area contributed by atoms with Crippen LogP contribution in [0.25, 0.3) is 0 Å². The molecule has 2 N–H and O–H groups in total. The van der Waals surface area contributed by atoms with Gasteiger partial charge in [0.15, 0.2) is 11.5 Å². The van der Waals surface area contributed by atoms with Gasteiger partial charge in [-0.2, -0.15) is 0 Å². The molecule has 0 aliphatic heterocycles. The summed E-state index contributed by atoms with van der Waals surface area (Å²) in [5, 5.41) is 8.65. The van der Waals surface area contributed by atoms with Gasteiger partial charge >= 0.3 is 0 Å². The third-order valence-electron chi connectivity index (χ3n) is 2.02. The van der Waals surface area contributed by atoms with Crippen molar-refractivity contribution in [1.82, 2.24) is 5.48 Å². The third-order valence-corrected chi connectivity index (χ3v) is 2.61. The van der Waals surface area contributed by atoms with Crippen molar-refractivity contribution in [3.8, 4) is 11.5 Å². The zero-order chi connectivity index (χ0) is 12.0. The van der Waals surface area contributed by atoms with Gasteiger partial charge in [-0.15, -0.1) is 0 Å². The van der Waals surface area contributed by atoms with Crippen molar-refractivity contribution in [2.45, 2.75) is 19.9 Å². The van der Waals surface area contributed by atoms with Crippen LogP contribution >= 0.6 is 15.9 Å². The van der Waals surface area contributed by atoms with Gasteiger partial charge in [-0.05, 0) is 40.0 Å². The van der Waals surface area contributed by atoms with Gasteiger partial charge in [-0.3, -0.25) is 0 Å². The second-order valence-electron chi connectivity index (χ2n) is 3.29. The number of halogens is 1. The number of hydrogen-bond acceptors (Lipinski definition) is 4. The summed E-state index contributed by atoms with van der Waals surface area (Å²) < 4.78 is 11.7. The maximum Gasteiger partial charge on any atom is 0.175 e. The first kappa shape index (κ1) is 13.3. The summed E-state index contributed by atoms with van der Waals surface area (Å²) in [6.45, 7) is 3.06. The average Bonchev–Trinajstić information content (AvgIpc) is 2.27. The SMILES string of the molecule is CCCOc1c(Br)cc(CNO)cc1OC. The van der Waals surface area contributed by atoms with Gasteiger partial charge in [-0.1, -0.05) is 6.92 Å². The minimum absolute atomic E-state index is 0.364. The molecule has 90 valence electrons. The van der Waals surface area contributed by atoms with Crippen LogP contribution in [0.1, 0.15) is 18.9 Å². The van der Waals surface area contributed by atoms with E-state index in [0.29, 0.717) is 24.7 Å². The molecule has 1 aromatic carbocycles. The molecule has 0 aliphatic rings. The Bertz CT molecular complexity index is 344. The number of ether oxygens (including phenoxy) is 2. The number of methoxy groups -OCH3 is 1. The molecule has 0 aromatic heterocycles. The van der Waals surface area contributed by atoms with E-state index in [9.17, 15) is 0 Å². The molecule has 0 spiro atoms. The highest BCUT2D eigenvalue weighted by atomic mass is 79.9. The van der Waals surface area contributed by atoms with E-state index in [1.807, 2.05) is 19.1 Å². The van der Waals surface area contributed by atoms with E-state index in [1.54, 1.807) is 7.11 Å². The minimum Gasteiger partial charge on any atom is -0.493 e. The predicted octanol–water partition coefficient (Wildman–Crippen LogP) is 2.73. The van der Waals surface area contributed by atoms with Gasteiger partial charge in [0.05, 0.1) is 18.2 Å². The third kappa shape index (κ3) is 3.37. The molecule has 0 heterocycles. The van der Waals surface area contributed by atoms with Crippen LogP contribution in [0.2, 0.25) is 0 Å². The van der Waals surface area contributed by atoms with Crippen molar-refractivity contribution < 1.29 is 14.7 Å². The highest BCUT2D eigenvalue weighted by Gasteiger charge is 2.11. The molecule has 0 aliphatic carbocycles. The van der Waals surface area contributed by atoms with Crippen molar-refractivity contribution in [2.24, 2.45) is 0 Å². The first-order valence-electron chi connectivity index (χ1n) is 5.09. The molecule has 16 heavy (non-hydrogen) atoms. The molecule has 0 unspecified atom stereocenters. The van der Waals surface area contributed by atoms with Crippen LogP contribution in [-0.4, -0.2) is 18.9 Å². The van der Waals surface area contributed by atoms with Crippen molar-refractivity contribution >= 4 is 15.9 Å². The molecule has 0 radical (unpaired) electrons. The van der Waals surface area contributed by atoms with E-state index in [2.05, 4.69) is 21.4 Å². The maximum absolute atomic E-state index is 8.65. The minimum atomic E-state index is 0.364. The summed E-state index contributed by atoms with van der Waals surface area (Å²) in [5.74, 6) is 1.36. The molecule has 0 amide bonds. The lowest BCUT2D eigenvalue weighted by molar-refractivity contribution is 0.161. The van der Waals surface area contributed by atoms with Gasteiger partial charge in [0.25, 0.3) is 0 Å². The summed E-state index contributed by atoms with van der Waals surface area (Å²) in [6, 6.07) is 3.72. The van der Waals surface area contributed by atoms with Crippen LogP contribution < -0.4 is 15.0 Å². The van der Waals surface area contributed by atoms with Crippen molar-refractivity contribution in [3.63, 3.8) is 0 Å². The Morgan fingerprint density at radius 1 is 1.44 bits per heavy atom. The lowest BCUT2D eigenvalue weighted by Gasteiger charge is -2.13. The quantitative estimate of drug-likeness (QED) is 0.791. The Balaban J connectivity index is 2.97. The molecule has 0 fully saturated rings. The van der Waals surface area contributed by atoms with E-state index >= 15 is 0 Å². The molecule has 0 atom stereocenters. The summed E-state index contributed by atoms with van der Waals surface area (Å²) >= 11 is 3.42. The smallest absolute Gasteiger partial charge is 0.175 e. The van der Waals surface area contributed by atoms with E-state index in [1.165, 1.54) is 0 Å². The van der Waals surface area contributed by atoms with E-state index < -0.39 is 0 Å². The number of nitrogens with one attached hydrogen (secondary N) is 1. The molecule has 1 rings (SSSR count). The molecule has 0 saturated heterocycles. The molecule has 1 aromatic rings. The van der Waals surface area contributed by atoms with Crippen LogP contribution in [0.5, 0.6) is 11.5 Å². The Kier molecular flexibility index (Phi) is 5.59. The van der Waals surface area contributed by atoms with Crippen LogP contribution in [-0.2, 0) is 6.54 Å². The van der Waals surface area contributed by atoms with Crippen LogP contribution in [0.15, 0.2) is 16.6 Å². The molecule has 0 saturated carbocycles. The van der Waals surface area contributed by atoms with Gasteiger partial charge in [0.2, 0.25) is 0 Å². The molecule has 4 nitrogen and oxygen atoms in total. The average molecular weight is 290 g/mol. The fourth-order valence-corrected chi connectivity index (χ4v) is 1.91. The Labute approximate surface area is 104 Å². The van der Waals surface area contributed by atoms with Gasteiger partial charge in [0.1, 0.15) is 0 Å². The predicted molar refractivity (Wildman–Crippen MR) is 65.1 cm³/mol. The highest BCUT2D eigenvalue weighted by Crippen LogP contribution is 2.36. The lowest BCUT2D eigenvalue weighted by atomic mass is 10.2. The summed E-state index contributed by atoms with van der Waals surface area (Å²) in [5.41, 5.74) is 3.02. The summed E-state index contributed by atoms with van der Waals surface area (Å²) in [7, 11) is 1.59. The number of hydrogen-bond donors (Lipinski definition) is 2. The van der Waals surface area contributed by atoms with Crippen molar-refractivity contribution in [2.75, 3.05) is 13.7 Å². The Hall–Kier alpha value is -0.780. The fourth-order valence-electron chi connectivity index (χ4n) is 1.31.